The highest BCUT2D eigenvalue weighted by Gasteiger charge is 2.39. The molecule has 0 aromatic carbocycles. The van der Waals surface area contributed by atoms with Crippen LogP contribution in [-0.2, 0) is 9.59 Å². The quantitative estimate of drug-likeness (QED) is 0.777. The highest BCUT2D eigenvalue weighted by Crippen LogP contribution is 2.34. The molecule has 0 aromatic rings. The van der Waals surface area contributed by atoms with Gasteiger partial charge in [0.15, 0.2) is 0 Å². The van der Waals surface area contributed by atoms with Crippen molar-refractivity contribution < 1.29 is 19.5 Å². The highest BCUT2D eigenvalue weighted by atomic mass is 16.4. The van der Waals surface area contributed by atoms with Gasteiger partial charge in [-0.15, -0.1) is 0 Å². The average molecular weight is 297 g/mol. The molecule has 21 heavy (non-hydrogen) atoms. The lowest BCUT2D eigenvalue weighted by Crippen LogP contribution is -2.62. The van der Waals surface area contributed by atoms with Crippen molar-refractivity contribution in [2.24, 2.45) is 5.41 Å². The Morgan fingerprint density at radius 1 is 1.38 bits per heavy atom. The lowest BCUT2D eigenvalue weighted by atomic mass is 9.78. The van der Waals surface area contributed by atoms with Crippen LogP contribution in [0.3, 0.4) is 0 Å². The van der Waals surface area contributed by atoms with Gasteiger partial charge in [0.2, 0.25) is 5.91 Å². The fraction of sp³-hybridized carbons (Fsp3) is 0.786. The third-order valence-corrected chi connectivity index (χ3v) is 4.81. The number of aliphatic carboxylic acids is 1. The molecule has 0 aromatic heterocycles. The normalized spacial score (nSPS) is 25.4. The van der Waals surface area contributed by atoms with E-state index >= 15 is 0 Å². The fourth-order valence-corrected chi connectivity index (χ4v) is 2.84. The Morgan fingerprint density at radius 2 is 2.00 bits per heavy atom. The lowest BCUT2D eigenvalue weighted by molar-refractivity contribution is -0.144. The minimum atomic E-state index is -1.08. The van der Waals surface area contributed by atoms with Crippen LogP contribution in [0.25, 0.3) is 0 Å². The first-order valence-electron chi connectivity index (χ1n) is 7.41. The van der Waals surface area contributed by atoms with Crippen molar-refractivity contribution in [1.29, 1.82) is 0 Å². The predicted molar refractivity (Wildman–Crippen MR) is 75.7 cm³/mol. The monoisotopic (exact) mass is 297 g/mol. The number of piperazine rings is 1. The number of nitrogens with one attached hydrogen (secondary N) is 1. The minimum absolute atomic E-state index is 0.0274. The van der Waals surface area contributed by atoms with E-state index in [1.54, 1.807) is 4.90 Å². The summed E-state index contributed by atoms with van der Waals surface area (Å²) in [5.41, 5.74) is 0.252. The molecule has 3 amide bonds. The molecule has 2 aliphatic heterocycles. The Balaban J connectivity index is 2.04. The van der Waals surface area contributed by atoms with E-state index in [4.69, 9.17) is 0 Å². The van der Waals surface area contributed by atoms with Crippen LogP contribution in [0.1, 0.15) is 33.1 Å². The first kappa shape index (κ1) is 15.6. The summed E-state index contributed by atoms with van der Waals surface area (Å²) >= 11 is 0. The number of piperidine rings is 1. The molecule has 2 rings (SSSR count). The standard InChI is InChI=1S/C14H23N3O4/c1-3-14(2)4-6-16(7-5-14)13(21)17-9-11(18)15-8-10(17)12(19)20/h10H,3-9H2,1-2H3,(H,15,18)(H,19,20). The summed E-state index contributed by atoms with van der Waals surface area (Å²) in [5.74, 6) is -1.39. The zero-order valence-corrected chi connectivity index (χ0v) is 12.6. The summed E-state index contributed by atoms with van der Waals surface area (Å²) in [4.78, 5) is 38.1. The number of hydrogen-bond donors (Lipinski definition) is 2. The van der Waals surface area contributed by atoms with Crippen molar-refractivity contribution in [3.05, 3.63) is 0 Å². The van der Waals surface area contributed by atoms with E-state index < -0.39 is 12.0 Å². The number of hydrogen-bond acceptors (Lipinski definition) is 3. The van der Waals surface area contributed by atoms with Gasteiger partial charge in [-0.25, -0.2) is 9.59 Å². The molecule has 0 saturated carbocycles. The molecular weight excluding hydrogens is 274 g/mol. The number of likely N-dealkylation sites (tertiary alicyclic amines) is 1. The first-order chi connectivity index (χ1) is 9.86. The Labute approximate surface area is 124 Å². The smallest absolute Gasteiger partial charge is 0.328 e. The first-order valence-corrected chi connectivity index (χ1v) is 7.41. The second-order valence-electron chi connectivity index (χ2n) is 6.22. The number of carbonyl (C=O) groups excluding carboxylic acids is 2. The van der Waals surface area contributed by atoms with E-state index in [9.17, 15) is 19.5 Å². The molecule has 7 nitrogen and oxygen atoms in total. The maximum atomic E-state index is 12.5. The molecule has 1 unspecified atom stereocenters. The van der Waals surface area contributed by atoms with Crippen molar-refractivity contribution in [1.82, 2.24) is 15.1 Å². The number of urea groups is 1. The van der Waals surface area contributed by atoms with E-state index in [0.29, 0.717) is 13.1 Å². The summed E-state index contributed by atoms with van der Waals surface area (Å²) in [6, 6.07) is -1.31. The zero-order valence-electron chi connectivity index (χ0n) is 12.6. The van der Waals surface area contributed by atoms with Gasteiger partial charge in [-0.2, -0.15) is 0 Å². The number of rotatable bonds is 2. The van der Waals surface area contributed by atoms with Gasteiger partial charge < -0.3 is 15.3 Å². The molecule has 1 atom stereocenters. The van der Waals surface area contributed by atoms with Gasteiger partial charge in [0.1, 0.15) is 12.6 Å². The van der Waals surface area contributed by atoms with Crippen molar-refractivity contribution in [3.63, 3.8) is 0 Å². The summed E-state index contributed by atoms with van der Waals surface area (Å²) in [7, 11) is 0. The minimum Gasteiger partial charge on any atom is -0.480 e. The van der Waals surface area contributed by atoms with Crippen LogP contribution in [0, 0.1) is 5.41 Å². The maximum Gasteiger partial charge on any atom is 0.328 e. The third kappa shape index (κ3) is 3.28. The van der Waals surface area contributed by atoms with Crippen LogP contribution in [0.2, 0.25) is 0 Å². The molecule has 2 N–H and O–H groups in total. The van der Waals surface area contributed by atoms with Gasteiger partial charge >= 0.3 is 12.0 Å². The SMILES string of the molecule is CCC1(C)CCN(C(=O)N2CC(=O)NCC2C(=O)O)CC1. The second-order valence-corrected chi connectivity index (χ2v) is 6.22. The molecule has 2 heterocycles. The predicted octanol–water partition coefficient (Wildman–Crippen LogP) is 0.504. The molecule has 0 aliphatic carbocycles. The van der Waals surface area contributed by atoms with Crippen LogP contribution in [-0.4, -0.2) is 65.0 Å². The Kier molecular flexibility index (Phi) is 4.39. The van der Waals surface area contributed by atoms with E-state index in [1.165, 1.54) is 4.90 Å². The molecule has 2 saturated heterocycles. The number of nitrogens with zero attached hydrogens (tertiary/aromatic N) is 2. The second kappa shape index (κ2) is 5.91. The summed E-state index contributed by atoms with van der Waals surface area (Å²) < 4.78 is 0. The summed E-state index contributed by atoms with van der Waals surface area (Å²) in [5, 5.41) is 11.7. The van der Waals surface area contributed by atoms with Crippen molar-refractivity contribution in [3.8, 4) is 0 Å². The number of amides is 3. The van der Waals surface area contributed by atoms with Crippen LogP contribution < -0.4 is 5.32 Å². The van der Waals surface area contributed by atoms with Gasteiger partial charge in [-0.3, -0.25) is 9.69 Å². The van der Waals surface area contributed by atoms with Crippen LogP contribution in [0.5, 0.6) is 0 Å². The van der Waals surface area contributed by atoms with E-state index in [0.717, 1.165) is 19.3 Å². The van der Waals surface area contributed by atoms with Gasteiger partial charge in [0.25, 0.3) is 0 Å². The van der Waals surface area contributed by atoms with Gasteiger partial charge in [0, 0.05) is 19.6 Å². The van der Waals surface area contributed by atoms with Crippen LogP contribution in [0.15, 0.2) is 0 Å². The lowest BCUT2D eigenvalue weighted by Gasteiger charge is -2.42. The van der Waals surface area contributed by atoms with Gasteiger partial charge in [-0.05, 0) is 18.3 Å². The fourth-order valence-electron chi connectivity index (χ4n) is 2.84. The maximum absolute atomic E-state index is 12.5. The van der Waals surface area contributed by atoms with Gasteiger partial charge in [0.05, 0.1) is 0 Å². The van der Waals surface area contributed by atoms with Crippen molar-refractivity contribution in [2.45, 2.75) is 39.2 Å². The third-order valence-electron chi connectivity index (χ3n) is 4.81. The average Bonchev–Trinajstić information content (AvgIpc) is 2.47. The molecular formula is C14H23N3O4. The number of carboxylic acid groups (broad SMARTS) is 1. The van der Waals surface area contributed by atoms with E-state index in [-0.39, 0.29) is 30.4 Å². The molecule has 118 valence electrons. The Hall–Kier alpha value is -1.79. The molecule has 0 radical (unpaired) electrons. The Morgan fingerprint density at radius 3 is 2.52 bits per heavy atom. The summed E-state index contributed by atoms with van der Waals surface area (Å²) in [6.07, 6.45) is 2.89. The van der Waals surface area contributed by atoms with E-state index in [1.807, 2.05) is 0 Å². The molecule has 2 fully saturated rings. The topological polar surface area (TPSA) is 90.0 Å². The highest BCUT2D eigenvalue weighted by molar-refractivity contribution is 5.90. The van der Waals surface area contributed by atoms with Crippen LogP contribution in [0.4, 0.5) is 4.79 Å². The molecule has 0 bridgehead atoms. The summed E-state index contributed by atoms with van der Waals surface area (Å²) in [6.45, 7) is 5.38. The molecule has 7 heteroatoms. The van der Waals surface area contributed by atoms with Crippen molar-refractivity contribution >= 4 is 17.9 Å². The zero-order chi connectivity index (χ0) is 15.6. The number of carboxylic acids is 1. The Bertz CT molecular complexity index is 444. The molecule has 0 spiro atoms. The largest absolute Gasteiger partial charge is 0.480 e. The van der Waals surface area contributed by atoms with Gasteiger partial charge in [-0.1, -0.05) is 20.3 Å². The van der Waals surface area contributed by atoms with E-state index in [2.05, 4.69) is 19.2 Å². The van der Waals surface area contributed by atoms with Crippen molar-refractivity contribution in [2.75, 3.05) is 26.2 Å². The number of carbonyl (C=O) groups is 3. The van der Waals surface area contributed by atoms with Crippen LogP contribution >= 0.6 is 0 Å². The molecule has 2 aliphatic rings.